The standard InChI is InChI=1S/C19H21IOSi/c20-15-17-9-7-8-14-21-22(16-17,18-10-3-1-4-11-18)19-12-5-2-6-13-19/h1-8,10-13,17H,9,14-16H2/b8-7-. The Morgan fingerprint density at radius 2 is 1.50 bits per heavy atom. The summed E-state index contributed by atoms with van der Waals surface area (Å²) in [4.78, 5) is 0. The minimum Gasteiger partial charge on any atom is -0.404 e. The average Bonchev–Trinajstić information content (AvgIpc) is 2.57. The molecule has 1 atom stereocenters. The third-order valence-corrected chi connectivity index (χ3v) is 9.93. The van der Waals surface area contributed by atoms with Gasteiger partial charge in [0, 0.05) is 4.43 Å². The van der Waals surface area contributed by atoms with Crippen molar-refractivity contribution in [1.82, 2.24) is 0 Å². The molecule has 3 heteroatoms. The molecule has 0 aliphatic carbocycles. The fourth-order valence-corrected chi connectivity index (χ4v) is 8.68. The Bertz CT molecular complexity index is 572. The summed E-state index contributed by atoms with van der Waals surface area (Å²) in [6.45, 7) is 0.726. The maximum atomic E-state index is 6.62. The van der Waals surface area contributed by atoms with Crippen LogP contribution in [0.25, 0.3) is 0 Å². The summed E-state index contributed by atoms with van der Waals surface area (Å²) in [5.74, 6) is 0.684. The molecular formula is C19H21IOSi. The minimum atomic E-state index is -2.16. The number of alkyl halides is 1. The van der Waals surface area contributed by atoms with Crippen LogP contribution in [0, 0.1) is 5.92 Å². The molecular weight excluding hydrogens is 399 g/mol. The van der Waals surface area contributed by atoms with Gasteiger partial charge < -0.3 is 4.43 Å². The Labute approximate surface area is 147 Å². The molecule has 0 amide bonds. The van der Waals surface area contributed by atoms with E-state index < -0.39 is 8.32 Å². The van der Waals surface area contributed by atoms with Gasteiger partial charge in [-0.05, 0) is 28.8 Å². The van der Waals surface area contributed by atoms with Crippen molar-refractivity contribution in [2.75, 3.05) is 11.0 Å². The Hall–Kier alpha value is -0.913. The van der Waals surface area contributed by atoms with E-state index in [9.17, 15) is 0 Å². The summed E-state index contributed by atoms with van der Waals surface area (Å²) in [5.41, 5.74) is 0. The molecule has 1 unspecified atom stereocenters. The van der Waals surface area contributed by atoms with Gasteiger partial charge in [0.05, 0.1) is 6.61 Å². The van der Waals surface area contributed by atoms with Gasteiger partial charge in [0.2, 0.25) is 0 Å². The zero-order valence-corrected chi connectivity index (χ0v) is 15.8. The van der Waals surface area contributed by atoms with E-state index in [-0.39, 0.29) is 0 Å². The average molecular weight is 420 g/mol. The lowest BCUT2D eigenvalue weighted by molar-refractivity contribution is 0.350. The van der Waals surface area contributed by atoms with E-state index in [1.807, 2.05) is 0 Å². The highest BCUT2D eigenvalue weighted by molar-refractivity contribution is 14.1. The first-order valence-corrected chi connectivity index (χ1v) is 11.5. The lowest BCUT2D eigenvalue weighted by Crippen LogP contribution is -2.62. The van der Waals surface area contributed by atoms with Crippen LogP contribution >= 0.6 is 22.6 Å². The molecule has 2 aromatic carbocycles. The van der Waals surface area contributed by atoms with Crippen LogP contribution in [0.2, 0.25) is 6.04 Å². The molecule has 2 aromatic rings. The molecule has 1 heterocycles. The van der Waals surface area contributed by atoms with Crippen molar-refractivity contribution in [2.24, 2.45) is 5.92 Å². The summed E-state index contributed by atoms with van der Waals surface area (Å²) < 4.78 is 7.80. The second-order valence-corrected chi connectivity index (χ2v) is 10.2. The highest BCUT2D eigenvalue weighted by Crippen LogP contribution is 2.25. The lowest BCUT2D eigenvalue weighted by Gasteiger charge is -2.35. The maximum absolute atomic E-state index is 6.62. The summed E-state index contributed by atoms with van der Waals surface area (Å²) in [5, 5.41) is 2.79. The zero-order chi connectivity index (χ0) is 15.3. The first-order chi connectivity index (χ1) is 10.8. The second-order valence-electron chi connectivity index (χ2n) is 5.80. The quantitative estimate of drug-likeness (QED) is 0.318. The molecule has 0 saturated heterocycles. The van der Waals surface area contributed by atoms with Crippen molar-refractivity contribution in [3.63, 3.8) is 0 Å². The molecule has 1 nitrogen and oxygen atoms in total. The van der Waals surface area contributed by atoms with Crippen LogP contribution in [-0.4, -0.2) is 19.4 Å². The van der Waals surface area contributed by atoms with Crippen LogP contribution in [-0.2, 0) is 4.43 Å². The van der Waals surface area contributed by atoms with Crippen LogP contribution in [0.15, 0.2) is 72.8 Å². The monoisotopic (exact) mass is 420 g/mol. The van der Waals surface area contributed by atoms with Crippen molar-refractivity contribution in [3.05, 3.63) is 72.8 Å². The normalized spacial score (nSPS) is 22.5. The fourth-order valence-electron chi connectivity index (χ4n) is 3.20. The Morgan fingerprint density at radius 3 is 2.05 bits per heavy atom. The molecule has 0 aromatic heterocycles. The highest BCUT2D eigenvalue weighted by Gasteiger charge is 2.41. The molecule has 0 fully saturated rings. The molecule has 1 aliphatic rings. The summed E-state index contributed by atoms with van der Waals surface area (Å²) >= 11 is 2.52. The largest absolute Gasteiger partial charge is 0.404 e. The van der Waals surface area contributed by atoms with Crippen LogP contribution in [0.3, 0.4) is 0 Å². The maximum Gasteiger partial charge on any atom is 0.256 e. The van der Waals surface area contributed by atoms with Gasteiger partial charge >= 0.3 is 0 Å². The predicted molar refractivity (Wildman–Crippen MR) is 105 cm³/mol. The predicted octanol–water partition coefficient (Wildman–Crippen LogP) is 3.77. The molecule has 1 aliphatic heterocycles. The number of allylic oxidation sites excluding steroid dienone is 1. The lowest BCUT2D eigenvalue weighted by atomic mass is 10.1. The van der Waals surface area contributed by atoms with Gasteiger partial charge in [-0.3, -0.25) is 0 Å². The van der Waals surface area contributed by atoms with Crippen LogP contribution in [0.5, 0.6) is 0 Å². The SMILES string of the molecule is ICC1C/C=C\CO[Si](c2ccccc2)(c2ccccc2)C1. The molecule has 0 bridgehead atoms. The van der Waals surface area contributed by atoms with Crippen molar-refractivity contribution >= 4 is 41.3 Å². The van der Waals surface area contributed by atoms with Gasteiger partial charge in [-0.1, -0.05) is 95.4 Å². The van der Waals surface area contributed by atoms with E-state index >= 15 is 0 Å². The van der Waals surface area contributed by atoms with E-state index in [0.29, 0.717) is 5.92 Å². The topological polar surface area (TPSA) is 9.23 Å². The number of rotatable bonds is 3. The molecule has 0 saturated carbocycles. The number of hydrogen-bond donors (Lipinski definition) is 0. The molecule has 114 valence electrons. The van der Waals surface area contributed by atoms with Crippen molar-refractivity contribution < 1.29 is 4.43 Å². The number of hydrogen-bond acceptors (Lipinski definition) is 1. The molecule has 0 N–H and O–H groups in total. The summed E-state index contributed by atoms with van der Waals surface area (Å²) in [7, 11) is -2.16. The van der Waals surface area contributed by atoms with E-state index in [0.717, 1.165) is 12.7 Å². The first-order valence-electron chi connectivity index (χ1n) is 7.81. The fraction of sp³-hybridized carbons (Fsp3) is 0.263. The third-order valence-electron chi connectivity index (χ3n) is 4.34. The smallest absolute Gasteiger partial charge is 0.256 e. The van der Waals surface area contributed by atoms with Gasteiger partial charge in [-0.25, -0.2) is 0 Å². The number of benzene rings is 2. The van der Waals surface area contributed by atoms with E-state index in [2.05, 4.69) is 95.4 Å². The van der Waals surface area contributed by atoms with Crippen LogP contribution in [0.1, 0.15) is 6.42 Å². The second kappa shape index (κ2) is 7.57. The van der Waals surface area contributed by atoms with Gasteiger partial charge in [0.25, 0.3) is 8.32 Å². The van der Waals surface area contributed by atoms with Crippen molar-refractivity contribution in [1.29, 1.82) is 0 Å². The van der Waals surface area contributed by atoms with Crippen molar-refractivity contribution in [3.8, 4) is 0 Å². The first kappa shape index (κ1) is 16.0. The van der Waals surface area contributed by atoms with Gasteiger partial charge in [-0.15, -0.1) is 0 Å². The zero-order valence-electron chi connectivity index (χ0n) is 12.6. The van der Waals surface area contributed by atoms with E-state index in [1.54, 1.807) is 0 Å². The van der Waals surface area contributed by atoms with Gasteiger partial charge in [0.1, 0.15) is 0 Å². The Kier molecular flexibility index (Phi) is 5.49. The summed E-state index contributed by atoms with van der Waals surface area (Å²) in [6.07, 6.45) is 5.66. The third kappa shape index (κ3) is 3.36. The molecule has 3 rings (SSSR count). The van der Waals surface area contributed by atoms with Gasteiger partial charge in [0.15, 0.2) is 0 Å². The van der Waals surface area contributed by atoms with E-state index in [1.165, 1.54) is 21.2 Å². The molecule has 0 spiro atoms. The van der Waals surface area contributed by atoms with Crippen LogP contribution in [0.4, 0.5) is 0 Å². The highest BCUT2D eigenvalue weighted by atomic mass is 127. The molecule has 0 radical (unpaired) electrons. The Morgan fingerprint density at radius 1 is 0.909 bits per heavy atom. The summed E-state index contributed by atoms with van der Waals surface area (Å²) in [6, 6.07) is 23.0. The van der Waals surface area contributed by atoms with E-state index in [4.69, 9.17) is 4.43 Å². The van der Waals surface area contributed by atoms with Crippen LogP contribution < -0.4 is 10.4 Å². The minimum absolute atomic E-state index is 0.684. The number of halogens is 1. The Balaban J connectivity index is 2.11. The van der Waals surface area contributed by atoms with Gasteiger partial charge in [-0.2, -0.15) is 0 Å². The van der Waals surface area contributed by atoms with Crippen molar-refractivity contribution in [2.45, 2.75) is 12.5 Å². The molecule has 22 heavy (non-hydrogen) atoms.